The molecule has 0 bridgehead atoms. The first-order valence-corrected chi connectivity index (χ1v) is 7.79. The number of nitrogens with zero attached hydrogens (tertiary/aromatic N) is 1. The lowest BCUT2D eigenvalue weighted by Crippen LogP contribution is -2.43. The smallest absolute Gasteiger partial charge is 0.207 e. The van der Waals surface area contributed by atoms with Gasteiger partial charge in [0.05, 0.1) is 0 Å². The van der Waals surface area contributed by atoms with Gasteiger partial charge in [-0.3, -0.25) is 0 Å². The lowest BCUT2D eigenvalue weighted by Gasteiger charge is -2.33. The quantitative estimate of drug-likeness (QED) is 0.788. The van der Waals surface area contributed by atoms with Crippen molar-refractivity contribution in [1.82, 2.24) is 4.31 Å². The summed E-state index contributed by atoms with van der Waals surface area (Å²) >= 11 is 6.03. The summed E-state index contributed by atoms with van der Waals surface area (Å²) in [5, 5.41) is -0.0937. The molecule has 2 rings (SSSR count). The van der Waals surface area contributed by atoms with Crippen molar-refractivity contribution in [1.29, 1.82) is 0 Å². The van der Waals surface area contributed by atoms with Crippen molar-refractivity contribution in [3.63, 3.8) is 0 Å². The molecule has 0 radical (unpaired) electrons. The van der Waals surface area contributed by atoms with Gasteiger partial charge in [-0.15, -0.1) is 11.6 Å². The zero-order chi connectivity index (χ0) is 14.2. The lowest BCUT2D eigenvalue weighted by atomic mass is 10.0. The third-order valence-electron chi connectivity index (χ3n) is 3.27. The van der Waals surface area contributed by atoms with Crippen molar-refractivity contribution >= 4 is 21.6 Å². The Labute approximate surface area is 116 Å². The Bertz CT molecular complexity index is 579. The van der Waals surface area contributed by atoms with Crippen LogP contribution in [-0.4, -0.2) is 31.2 Å². The molecule has 0 saturated carbocycles. The van der Waals surface area contributed by atoms with E-state index in [4.69, 9.17) is 11.6 Å². The average molecular weight is 310 g/mol. The number of benzene rings is 1. The van der Waals surface area contributed by atoms with E-state index < -0.39 is 26.6 Å². The van der Waals surface area contributed by atoms with Gasteiger partial charge in [0.25, 0.3) is 0 Å². The third-order valence-corrected chi connectivity index (χ3v) is 5.80. The number of sulfonamides is 1. The zero-order valence-corrected chi connectivity index (χ0v) is 11.9. The van der Waals surface area contributed by atoms with Crippen LogP contribution in [0.1, 0.15) is 13.3 Å². The summed E-state index contributed by atoms with van der Waals surface area (Å²) in [4.78, 5) is -0.618. The van der Waals surface area contributed by atoms with Gasteiger partial charge >= 0.3 is 0 Å². The number of alkyl halides is 1. The molecule has 1 aromatic rings. The molecule has 1 saturated heterocycles. The van der Waals surface area contributed by atoms with Crippen molar-refractivity contribution in [3.8, 4) is 0 Å². The van der Waals surface area contributed by atoms with Gasteiger partial charge < -0.3 is 0 Å². The van der Waals surface area contributed by atoms with Crippen LogP contribution in [0.15, 0.2) is 23.1 Å². The summed E-state index contributed by atoms with van der Waals surface area (Å²) in [6.45, 7) is 2.27. The SMILES string of the molecule is CC1CN(S(=O)(=O)c2cc(F)ccc2F)CCC1Cl. The van der Waals surface area contributed by atoms with E-state index in [1.54, 1.807) is 0 Å². The number of hydrogen-bond acceptors (Lipinski definition) is 2. The van der Waals surface area contributed by atoms with Crippen molar-refractivity contribution in [2.24, 2.45) is 5.92 Å². The topological polar surface area (TPSA) is 37.4 Å². The molecule has 0 aliphatic carbocycles. The van der Waals surface area contributed by atoms with E-state index in [2.05, 4.69) is 0 Å². The van der Waals surface area contributed by atoms with Crippen LogP contribution in [0.25, 0.3) is 0 Å². The van der Waals surface area contributed by atoms with Crippen LogP contribution in [0, 0.1) is 17.6 Å². The number of piperidine rings is 1. The first-order chi connectivity index (χ1) is 8.82. The first-order valence-electron chi connectivity index (χ1n) is 5.91. The minimum absolute atomic E-state index is 0.0261. The predicted octanol–water partition coefficient (Wildman–Crippen LogP) is 2.60. The van der Waals surface area contributed by atoms with Crippen molar-refractivity contribution < 1.29 is 17.2 Å². The van der Waals surface area contributed by atoms with Gasteiger partial charge in [-0.05, 0) is 30.5 Å². The molecule has 3 nitrogen and oxygen atoms in total. The summed E-state index contributed by atoms with van der Waals surface area (Å²) in [7, 11) is -4.01. The fourth-order valence-electron chi connectivity index (χ4n) is 2.11. The molecule has 1 aliphatic rings. The van der Waals surface area contributed by atoms with E-state index in [9.17, 15) is 17.2 Å². The minimum atomic E-state index is -4.01. The zero-order valence-electron chi connectivity index (χ0n) is 10.3. The van der Waals surface area contributed by atoms with Gasteiger partial charge in [0.2, 0.25) is 10.0 Å². The molecular formula is C12H14ClF2NO2S. The summed E-state index contributed by atoms with van der Waals surface area (Å²) in [6, 6.07) is 2.42. The Morgan fingerprint density at radius 1 is 1.37 bits per heavy atom. The molecule has 0 N–H and O–H groups in total. The Morgan fingerprint density at radius 3 is 2.68 bits per heavy atom. The molecule has 0 amide bonds. The van der Waals surface area contributed by atoms with Gasteiger partial charge in [0.1, 0.15) is 16.5 Å². The predicted molar refractivity (Wildman–Crippen MR) is 68.5 cm³/mol. The van der Waals surface area contributed by atoms with E-state index >= 15 is 0 Å². The second kappa shape index (κ2) is 5.34. The normalized spacial score (nSPS) is 25.5. The highest BCUT2D eigenvalue weighted by Crippen LogP contribution is 2.28. The summed E-state index contributed by atoms with van der Waals surface area (Å²) < 4.78 is 52.4. The molecule has 0 aromatic heterocycles. The largest absolute Gasteiger partial charge is 0.246 e. The highest BCUT2D eigenvalue weighted by atomic mass is 35.5. The van der Waals surface area contributed by atoms with Crippen LogP contribution in [0.2, 0.25) is 0 Å². The van der Waals surface area contributed by atoms with E-state index in [1.807, 2.05) is 6.92 Å². The molecule has 106 valence electrons. The van der Waals surface area contributed by atoms with Crippen molar-refractivity contribution in [2.75, 3.05) is 13.1 Å². The van der Waals surface area contributed by atoms with Crippen LogP contribution >= 0.6 is 11.6 Å². The van der Waals surface area contributed by atoms with Gasteiger partial charge in [0.15, 0.2) is 0 Å². The maximum absolute atomic E-state index is 13.6. The highest BCUT2D eigenvalue weighted by molar-refractivity contribution is 7.89. The van der Waals surface area contributed by atoms with Gasteiger partial charge in [-0.1, -0.05) is 6.92 Å². The Balaban J connectivity index is 2.35. The molecule has 19 heavy (non-hydrogen) atoms. The minimum Gasteiger partial charge on any atom is -0.207 e. The third kappa shape index (κ3) is 2.90. The Kier molecular flexibility index (Phi) is 4.13. The van der Waals surface area contributed by atoms with Crippen molar-refractivity contribution in [3.05, 3.63) is 29.8 Å². The first kappa shape index (κ1) is 14.7. The number of rotatable bonds is 2. The van der Waals surface area contributed by atoms with E-state index in [0.29, 0.717) is 12.5 Å². The van der Waals surface area contributed by atoms with Crippen LogP contribution in [0.5, 0.6) is 0 Å². The molecular weight excluding hydrogens is 296 g/mol. The summed E-state index contributed by atoms with van der Waals surface area (Å²) in [6.07, 6.45) is 0.499. The van der Waals surface area contributed by atoms with E-state index in [-0.39, 0.29) is 24.4 Å². The maximum atomic E-state index is 13.6. The summed E-state index contributed by atoms with van der Waals surface area (Å²) in [5.74, 6) is -1.75. The van der Waals surface area contributed by atoms with Gasteiger partial charge in [0, 0.05) is 18.5 Å². The van der Waals surface area contributed by atoms with E-state index in [1.165, 1.54) is 0 Å². The molecule has 7 heteroatoms. The second-order valence-electron chi connectivity index (χ2n) is 4.72. The van der Waals surface area contributed by atoms with Crippen LogP contribution in [0.4, 0.5) is 8.78 Å². The highest BCUT2D eigenvalue weighted by Gasteiger charge is 2.34. The molecule has 2 atom stereocenters. The standard InChI is InChI=1S/C12H14ClF2NO2S/c1-8-7-16(5-4-10(8)13)19(17,18)12-6-9(14)2-3-11(12)15/h2-3,6,8,10H,4-5,7H2,1H3. The van der Waals surface area contributed by atoms with E-state index in [0.717, 1.165) is 16.4 Å². The summed E-state index contributed by atoms with van der Waals surface area (Å²) in [5.41, 5.74) is 0. The van der Waals surface area contributed by atoms with Crippen LogP contribution < -0.4 is 0 Å². The lowest BCUT2D eigenvalue weighted by molar-refractivity contribution is 0.285. The van der Waals surface area contributed by atoms with Crippen LogP contribution in [0.3, 0.4) is 0 Å². The molecule has 1 aromatic carbocycles. The fourth-order valence-corrected chi connectivity index (χ4v) is 3.92. The van der Waals surface area contributed by atoms with Gasteiger partial charge in [-0.2, -0.15) is 4.31 Å². The molecule has 0 spiro atoms. The Hall–Kier alpha value is -0.720. The number of hydrogen-bond donors (Lipinski definition) is 0. The average Bonchev–Trinajstić information content (AvgIpc) is 2.35. The second-order valence-corrected chi connectivity index (χ2v) is 7.19. The molecule has 1 aliphatic heterocycles. The van der Waals surface area contributed by atoms with Crippen LogP contribution in [-0.2, 0) is 10.0 Å². The fraction of sp³-hybridized carbons (Fsp3) is 0.500. The Morgan fingerprint density at radius 2 is 2.05 bits per heavy atom. The number of halogens is 3. The maximum Gasteiger partial charge on any atom is 0.246 e. The van der Waals surface area contributed by atoms with Gasteiger partial charge in [-0.25, -0.2) is 17.2 Å². The molecule has 1 heterocycles. The molecule has 2 unspecified atom stereocenters. The monoisotopic (exact) mass is 309 g/mol. The molecule has 1 fully saturated rings. The van der Waals surface area contributed by atoms with Crippen molar-refractivity contribution in [2.45, 2.75) is 23.6 Å².